The molecule has 0 saturated heterocycles. The van der Waals surface area contributed by atoms with Gasteiger partial charge in [-0.25, -0.2) is 4.98 Å². The second-order valence-corrected chi connectivity index (χ2v) is 5.38. The quantitative estimate of drug-likeness (QED) is 0.845. The van der Waals surface area contributed by atoms with E-state index in [1.54, 1.807) is 0 Å². The molecule has 0 radical (unpaired) electrons. The summed E-state index contributed by atoms with van der Waals surface area (Å²) >= 11 is 6.31. The van der Waals surface area contributed by atoms with E-state index in [1.807, 2.05) is 52.1 Å². The third-order valence-electron chi connectivity index (χ3n) is 2.83. The first kappa shape index (κ1) is 13.9. The molecule has 0 amide bonds. The fraction of sp³-hybridized carbons (Fsp3) is 0.400. The molecule has 2 aromatic rings. The van der Waals surface area contributed by atoms with Gasteiger partial charge in [-0.2, -0.15) is 0 Å². The monoisotopic (exact) mass is 278 g/mol. The van der Waals surface area contributed by atoms with Crippen molar-refractivity contribution >= 4 is 11.6 Å². The van der Waals surface area contributed by atoms with Crippen LogP contribution in [0, 0.1) is 13.8 Å². The van der Waals surface area contributed by atoms with Crippen LogP contribution in [-0.2, 0) is 6.54 Å². The van der Waals surface area contributed by atoms with Crippen LogP contribution < -0.4 is 4.74 Å². The van der Waals surface area contributed by atoms with Crippen molar-refractivity contribution in [2.24, 2.45) is 0 Å². The zero-order chi connectivity index (χ0) is 14.0. The van der Waals surface area contributed by atoms with Crippen LogP contribution >= 0.6 is 11.6 Å². The second kappa shape index (κ2) is 5.66. The van der Waals surface area contributed by atoms with Gasteiger partial charge in [-0.1, -0.05) is 17.7 Å². The second-order valence-electron chi connectivity index (χ2n) is 4.98. The first-order valence-corrected chi connectivity index (χ1v) is 6.79. The van der Waals surface area contributed by atoms with Gasteiger partial charge in [0.15, 0.2) is 0 Å². The van der Waals surface area contributed by atoms with Gasteiger partial charge in [-0.05, 0) is 45.4 Å². The first-order valence-electron chi connectivity index (χ1n) is 6.41. The Kier molecular flexibility index (Phi) is 4.15. The molecule has 0 spiro atoms. The Balaban J connectivity index is 2.19. The molecule has 102 valence electrons. The summed E-state index contributed by atoms with van der Waals surface area (Å²) in [6.45, 7) is 8.72. The van der Waals surface area contributed by atoms with E-state index in [-0.39, 0.29) is 6.10 Å². The van der Waals surface area contributed by atoms with E-state index in [4.69, 9.17) is 16.3 Å². The lowest BCUT2D eigenvalue weighted by Crippen LogP contribution is -2.06. The predicted octanol–water partition coefficient (Wildman–Crippen LogP) is 3.99. The van der Waals surface area contributed by atoms with Gasteiger partial charge in [0.1, 0.15) is 11.6 Å². The maximum atomic E-state index is 6.31. The van der Waals surface area contributed by atoms with Crippen molar-refractivity contribution in [3.8, 4) is 5.75 Å². The van der Waals surface area contributed by atoms with E-state index in [9.17, 15) is 0 Å². The van der Waals surface area contributed by atoms with Crippen LogP contribution in [0.5, 0.6) is 5.75 Å². The number of imidazole rings is 1. The zero-order valence-corrected chi connectivity index (χ0v) is 12.5. The maximum absolute atomic E-state index is 6.31. The Morgan fingerprint density at radius 2 is 2.05 bits per heavy atom. The lowest BCUT2D eigenvalue weighted by Gasteiger charge is -2.12. The summed E-state index contributed by atoms with van der Waals surface area (Å²) in [5, 5.41) is 0.726. The van der Waals surface area contributed by atoms with Crippen LogP contribution in [0.3, 0.4) is 0 Å². The number of aryl methyl sites for hydroxylation is 2. The highest BCUT2D eigenvalue weighted by Gasteiger charge is 2.07. The summed E-state index contributed by atoms with van der Waals surface area (Å²) in [5.74, 6) is 1.80. The molecule has 4 heteroatoms. The van der Waals surface area contributed by atoms with Crippen LogP contribution in [0.25, 0.3) is 0 Å². The SMILES string of the molecule is Cc1cn(Cc2ccc(OC(C)C)cc2Cl)c(C)n1. The van der Waals surface area contributed by atoms with E-state index >= 15 is 0 Å². The highest BCUT2D eigenvalue weighted by atomic mass is 35.5. The molecule has 1 aromatic carbocycles. The minimum atomic E-state index is 0.153. The Hall–Kier alpha value is -1.48. The summed E-state index contributed by atoms with van der Waals surface area (Å²) in [5.41, 5.74) is 2.09. The van der Waals surface area contributed by atoms with Gasteiger partial charge >= 0.3 is 0 Å². The lowest BCUT2D eigenvalue weighted by molar-refractivity contribution is 0.242. The molecule has 0 fully saturated rings. The Labute approximate surface area is 119 Å². The molecular formula is C15H19ClN2O. The van der Waals surface area contributed by atoms with Crippen LogP contribution in [0.2, 0.25) is 5.02 Å². The molecule has 0 aliphatic carbocycles. The van der Waals surface area contributed by atoms with Crippen molar-refractivity contribution in [2.45, 2.75) is 40.3 Å². The molecule has 0 N–H and O–H groups in total. The summed E-state index contributed by atoms with van der Waals surface area (Å²) in [7, 11) is 0. The normalized spacial score (nSPS) is 11.1. The van der Waals surface area contributed by atoms with Gasteiger partial charge in [-0.3, -0.25) is 0 Å². The van der Waals surface area contributed by atoms with E-state index in [1.165, 1.54) is 0 Å². The predicted molar refractivity (Wildman–Crippen MR) is 78.0 cm³/mol. The molecule has 0 aliphatic heterocycles. The molecular weight excluding hydrogens is 260 g/mol. The number of halogens is 1. The number of aromatic nitrogens is 2. The van der Waals surface area contributed by atoms with Gasteiger partial charge in [0.2, 0.25) is 0 Å². The molecule has 0 bridgehead atoms. The van der Waals surface area contributed by atoms with Gasteiger partial charge in [0.25, 0.3) is 0 Å². The summed E-state index contributed by atoms with van der Waals surface area (Å²) in [4.78, 5) is 4.39. The standard InChI is InChI=1S/C15H19ClN2O/c1-10(2)19-14-6-5-13(15(16)7-14)9-18-8-11(3)17-12(18)4/h5-8,10H,9H2,1-4H3. The molecule has 19 heavy (non-hydrogen) atoms. The van der Waals surface area contributed by atoms with Gasteiger partial charge in [0.05, 0.1) is 18.3 Å². The number of hydrogen-bond acceptors (Lipinski definition) is 2. The number of benzene rings is 1. The van der Waals surface area contributed by atoms with Gasteiger partial charge in [0, 0.05) is 11.2 Å². The fourth-order valence-corrected chi connectivity index (χ4v) is 2.24. The van der Waals surface area contributed by atoms with Crippen molar-refractivity contribution in [1.82, 2.24) is 9.55 Å². The number of nitrogens with zero attached hydrogens (tertiary/aromatic N) is 2. The Bertz CT molecular complexity index is 576. The number of ether oxygens (including phenoxy) is 1. The Morgan fingerprint density at radius 3 is 2.58 bits per heavy atom. The molecule has 3 nitrogen and oxygen atoms in total. The average Bonchev–Trinajstić information content (AvgIpc) is 2.60. The van der Waals surface area contributed by atoms with Crippen LogP contribution in [-0.4, -0.2) is 15.7 Å². The molecule has 0 aliphatic rings. The topological polar surface area (TPSA) is 27.1 Å². The summed E-state index contributed by atoms with van der Waals surface area (Å²) < 4.78 is 7.72. The summed E-state index contributed by atoms with van der Waals surface area (Å²) in [6, 6.07) is 5.84. The van der Waals surface area contributed by atoms with E-state index in [2.05, 4.69) is 9.55 Å². The zero-order valence-electron chi connectivity index (χ0n) is 11.8. The van der Waals surface area contributed by atoms with Crippen molar-refractivity contribution in [2.75, 3.05) is 0 Å². The Morgan fingerprint density at radius 1 is 1.32 bits per heavy atom. The van der Waals surface area contributed by atoms with E-state index < -0.39 is 0 Å². The van der Waals surface area contributed by atoms with Crippen LogP contribution in [0.1, 0.15) is 30.9 Å². The third kappa shape index (κ3) is 3.51. The van der Waals surface area contributed by atoms with E-state index in [0.29, 0.717) is 0 Å². The molecule has 1 aromatic heterocycles. The fourth-order valence-electron chi connectivity index (χ4n) is 2.01. The van der Waals surface area contributed by atoms with Crippen molar-refractivity contribution < 1.29 is 4.74 Å². The largest absolute Gasteiger partial charge is 0.491 e. The summed E-state index contributed by atoms with van der Waals surface area (Å²) in [6.07, 6.45) is 2.19. The molecule has 1 heterocycles. The van der Waals surface area contributed by atoms with E-state index in [0.717, 1.165) is 34.4 Å². The third-order valence-corrected chi connectivity index (χ3v) is 3.19. The molecule has 2 rings (SSSR count). The maximum Gasteiger partial charge on any atom is 0.121 e. The first-order chi connectivity index (χ1) is 8.95. The lowest BCUT2D eigenvalue weighted by atomic mass is 10.2. The minimum Gasteiger partial charge on any atom is -0.491 e. The van der Waals surface area contributed by atoms with Gasteiger partial charge in [-0.15, -0.1) is 0 Å². The number of rotatable bonds is 4. The molecule has 0 atom stereocenters. The molecule has 0 unspecified atom stereocenters. The average molecular weight is 279 g/mol. The highest BCUT2D eigenvalue weighted by Crippen LogP contribution is 2.24. The van der Waals surface area contributed by atoms with Crippen molar-refractivity contribution in [1.29, 1.82) is 0 Å². The van der Waals surface area contributed by atoms with Gasteiger partial charge < -0.3 is 9.30 Å². The number of hydrogen-bond donors (Lipinski definition) is 0. The van der Waals surface area contributed by atoms with Crippen molar-refractivity contribution in [3.05, 3.63) is 46.5 Å². The minimum absolute atomic E-state index is 0.153. The van der Waals surface area contributed by atoms with Crippen LogP contribution in [0.4, 0.5) is 0 Å². The smallest absolute Gasteiger partial charge is 0.121 e. The molecule has 0 saturated carbocycles. The highest BCUT2D eigenvalue weighted by molar-refractivity contribution is 6.31. The van der Waals surface area contributed by atoms with Crippen LogP contribution in [0.15, 0.2) is 24.4 Å². The van der Waals surface area contributed by atoms with Crippen molar-refractivity contribution in [3.63, 3.8) is 0 Å².